The van der Waals surface area contributed by atoms with Crippen molar-refractivity contribution in [3.63, 3.8) is 0 Å². The van der Waals surface area contributed by atoms with Crippen LogP contribution >= 0.6 is 0 Å². The molecule has 7 rings (SSSR count). The van der Waals surface area contributed by atoms with Gasteiger partial charge in [-0.15, -0.1) is 0 Å². The molecule has 5 aromatic heterocycles. The molecule has 0 N–H and O–H groups in total. The summed E-state index contributed by atoms with van der Waals surface area (Å²) < 4.78 is 44.3. The summed E-state index contributed by atoms with van der Waals surface area (Å²) in [6, 6.07) is 1.52. The van der Waals surface area contributed by atoms with Crippen LogP contribution in [0.2, 0.25) is 0 Å². The Labute approximate surface area is 291 Å². The van der Waals surface area contributed by atoms with E-state index in [4.69, 9.17) is 33.2 Å². The van der Waals surface area contributed by atoms with Crippen molar-refractivity contribution in [2.75, 3.05) is 13.2 Å². The van der Waals surface area contributed by atoms with Gasteiger partial charge in [0.25, 0.3) is 0 Å². The Bertz CT molecular complexity index is 2320. The van der Waals surface area contributed by atoms with Crippen LogP contribution in [0, 0.1) is 0 Å². The fourth-order valence-electron chi connectivity index (χ4n) is 6.50. The Balaban J connectivity index is 1.28. The predicted octanol–water partition coefficient (Wildman–Crippen LogP) is 0.148. The molecule has 274 valence electrons. The van der Waals surface area contributed by atoms with Crippen molar-refractivity contribution in [3.8, 4) is 0 Å². The van der Waals surface area contributed by atoms with E-state index in [1.54, 1.807) is 4.57 Å². The van der Waals surface area contributed by atoms with E-state index in [2.05, 4.69) is 19.9 Å². The van der Waals surface area contributed by atoms with Crippen molar-refractivity contribution in [1.29, 1.82) is 0 Å². The van der Waals surface area contributed by atoms with Crippen molar-refractivity contribution < 1.29 is 57.1 Å². The van der Waals surface area contributed by atoms with Crippen LogP contribution in [0.4, 0.5) is 0 Å². The third-order valence-corrected chi connectivity index (χ3v) is 8.47. The third-order valence-electron chi connectivity index (χ3n) is 8.47. The van der Waals surface area contributed by atoms with Crippen LogP contribution in [0.5, 0.6) is 0 Å². The average Bonchev–Trinajstić information content (AvgIpc) is 3.87. The third kappa shape index (κ3) is 6.16. The van der Waals surface area contributed by atoms with Gasteiger partial charge in [-0.1, -0.05) is 0 Å². The molecule has 2 saturated heterocycles. The lowest BCUT2D eigenvalue weighted by Crippen LogP contribution is -2.42. The Hall–Kier alpha value is -5.96. The zero-order valence-electron chi connectivity index (χ0n) is 28.4. The molecule has 7 heterocycles. The van der Waals surface area contributed by atoms with Crippen LogP contribution in [-0.4, -0.2) is 111 Å². The molecule has 0 saturated carbocycles. The summed E-state index contributed by atoms with van der Waals surface area (Å²) in [5.41, 5.74) is 0.974. The molecule has 5 aromatic rings. The summed E-state index contributed by atoms with van der Waals surface area (Å²) in [4.78, 5) is 91.5. The zero-order valence-corrected chi connectivity index (χ0v) is 28.4. The Morgan fingerprint density at radius 3 is 2.12 bits per heavy atom. The maximum Gasteiger partial charge on any atom is 0.337 e. The van der Waals surface area contributed by atoms with Gasteiger partial charge >= 0.3 is 35.5 Å². The Kier molecular flexibility index (Phi) is 8.82. The van der Waals surface area contributed by atoms with Crippen LogP contribution in [0.15, 0.2) is 29.7 Å². The van der Waals surface area contributed by atoms with Crippen LogP contribution in [0.25, 0.3) is 33.8 Å². The molecule has 7 atom stereocenters. The number of hydrogen-bond acceptors (Lipinski definition) is 17. The van der Waals surface area contributed by atoms with E-state index >= 15 is 0 Å². The highest BCUT2D eigenvalue weighted by molar-refractivity contribution is 5.91. The summed E-state index contributed by atoms with van der Waals surface area (Å²) in [5.74, 6) is -3.09. The lowest BCUT2D eigenvalue weighted by Gasteiger charge is -2.24. The second kappa shape index (κ2) is 13.3. The number of esters is 5. The number of aromatic nitrogens is 8. The van der Waals surface area contributed by atoms with Crippen LogP contribution in [-0.2, 0) is 57.1 Å². The van der Waals surface area contributed by atoms with Crippen LogP contribution in [0.1, 0.15) is 53.5 Å². The van der Waals surface area contributed by atoms with Gasteiger partial charge in [-0.25, -0.2) is 29.1 Å². The molecular formula is C31H32N8O13. The number of imidazole rings is 3. The fraction of sp³-hybridized carbons (Fsp3) is 0.484. The van der Waals surface area contributed by atoms with E-state index in [1.807, 2.05) is 0 Å². The summed E-state index contributed by atoms with van der Waals surface area (Å²) in [5, 5.41) is 0. The highest BCUT2D eigenvalue weighted by Crippen LogP contribution is 2.35. The lowest BCUT2D eigenvalue weighted by molar-refractivity contribution is -0.166. The second-order valence-corrected chi connectivity index (χ2v) is 12.2. The van der Waals surface area contributed by atoms with Gasteiger partial charge in [0.15, 0.2) is 46.5 Å². The summed E-state index contributed by atoms with van der Waals surface area (Å²) in [7, 11) is 0. The van der Waals surface area contributed by atoms with Gasteiger partial charge in [-0.05, 0) is 6.07 Å². The van der Waals surface area contributed by atoms with E-state index in [9.17, 15) is 28.8 Å². The van der Waals surface area contributed by atoms with Crippen molar-refractivity contribution in [1.82, 2.24) is 37.9 Å². The molecule has 2 aliphatic heterocycles. The first-order valence-electron chi connectivity index (χ1n) is 16.0. The van der Waals surface area contributed by atoms with Gasteiger partial charge in [-0.3, -0.25) is 37.5 Å². The van der Waals surface area contributed by atoms with Gasteiger partial charge in [-0.2, -0.15) is 0 Å². The first kappa shape index (κ1) is 34.5. The fourth-order valence-corrected chi connectivity index (χ4v) is 6.50. The number of fused-ring (bicyclic) bond motifs is 7. The Morgan fingerprint density at radius 2 is 1.44 bits per heavy atom. The maximum atomic E-state index is 14.2. The number of nitrogens with zero attached hydrogens (tertiary/aromatic N) is 8. The van der Waals surface area contributed by atoms with Crippen LogP contribution < -0.4 is 5.69 Å². The summed E-state index contributed by atoms with van der Waals surface area (Å²) in [6.45, 7) is 5.56. The first-order valence-corrected chi connectivity index (χ1v) is 16.0. The van der Waals surface area contributed by atoms with Gasteiger partial charge in [0.1, 0.15) is 49.7 Å². The molecule has 1 unspecified atom stereocenters. The minimum atomic E-state index is -1.31. The van der Waals surface area contributed by atoms with Gasteiger partial charge in [0.2, 0.25) is 0 Å². The summed E-state index contributed by atoms with van der Waals surface area (Å²) in [6.07, 6.45) is -2.48. The molecule has 0 bridgehead atoms. The van der Waals surface area contributed by atoms with Crippen molar-refractivity contribution in [3.05, 3.63) is 35.4 Å². The number of carbonyl (C=O) groups excluding carboxylic acids is 5. The molecule has 52 heavy (non-hydrogen) atoms. The van der Waals surface area contributed by atoms with Crippen molar-refractivity contribution in [2.24, 2.45) is 0 Å². The maximum absolute atomic E-state index is 14.2. The minimum absolute atomic E-state index is 0.124. The molecule has 0 aromatic carbocycles. The molecule has 2 fully saturated rings. The number of rotatable bonds is 9. The van der Waals surface area contributed by atoms with E-state index < -0.39 is 78.5 Å². The number of ether oxygens (including phenoxy) is 7. The van der Waals surface area contributed by atoms with E-state index in [-0.39, 0.29) is 36.6 Å². The smallest absolute Gasteiger partial charge is 0.337 e. The van der Waals surface area contributed by atoms with E-state index in [1.165, 1.54) is 54.5 Å². The molecule has 0 spiro atoms. The van der Waals surface area contributed by atoms with E-state index in [0.29, 0.717) is 16.8 Å². The van der Waals surface area contributed by atoms with Crippen LogP contribution in [0.3, 0.4) is 0 Å². The van der Waals surface area contributed by atoms with Gasteiger partial charge in [0, 0.05) is 47.2 Å². The van der Waals surface area contributed by atoms with Gasteiger partial charge in [0.05, 0.1) is 6.33 Å². The molecule has 2 aliphatic rings. The number of carbonyl (C=O) groups is 5. The zero-order chi connectivity index (χ0) is 37.0. The molecule has 0 radical (unpaired) electrons. The highest BCUT2D eigenvalue weighted by Gasteiger charge is 2.51. The quantitative estimate of drug-likeness (QED) is 0.145. The molecule has 21 heteroatoms. The lowest BCUT2D eigenvalue weighted by atomic mass is 10.1. The summed E-state index contributed by atoms with van der Waals surface area (Å²) >= 11 is 0. The van der Waals surface area contributed by atoms with Gasteiger partial charge < -0.3 is 33.2 Å². The predicted molar refractivity (Wildman–Crippen MR) is 169 cm³/mol. The minimum Gasteiger partial charge on any atom is -0.463 e. The standard InChI is InChI=1S/C31H32N8O13/c1-13(40)46-9-19-18(48-15(3)42)8-22(51-19)37-11-32-23-27(37)33-12-38-28(23)35-26-29(38)39-21(34-26)6-7-36(31(39)45)30-25(50-17(5)44)24(49-16(4)43)20(52-30)10-47-14(2)41/h6-7,11-12,18-20,22,24-25,30H,8-10H2,1-5H3/t18-,19+,20+,22+,24+,25?,30+/m0/s1. The molecule has 21 nitrogen and oxygen atoms in total. The normalized spacial score (nSPS) is 24.4. The molecule has 0 amide bonds. The molecule has 0 aliphatic carbocycles. The van der Waals surface area contributed by atoms with E-state index in [0.717, 1.165) is 18.4 Å². The molecular weight excluding hydrogens is 692 g/mol. The van der Waals surface area contributed by atoms with Crippen molar-refractivity contribution >= 4 is 63.6 Å². The second-order valence-electron chi connectivity index (χ2n) is 12.2. The Morgan fingerprint density at radius 1 is 0.769 bits per heavy atom. The number of hydrogen-bond donors (Lipinski definition) is 0. The highest BCUT2D eigenvalue weighted by atomic mass is 16.7. The first-order chi connectivity index (χ1) is 24.8. The average molecular weight is 725 g/mol. The monoisotopic (exact) mass is 724 g/mol. The largest absolute Gasteiger partial charge is 0.463 e. The SMILES string of the molecule is CC(=O)OC[C@H]1O[C@@H](n2cnc3c2ncn2c3nc3nc4ccn([C@@H]5O[C@H](COC(C)=O)[C@@H](OC(C)=O)C5OC(C)=O)c(=O)n4c32)C[C@@H]1OC(C)=O. The topological polar surface area (TPSA) is 237 Å². The van der Waals surface area contributed by atoms with Crippen molar-refractivity contribution in [2.45, 2.75) is 84.0 Å².